The summed E-state index contributed by atoms with van der Waals surface area (Å²) in [4.78, 5) is 39.1. The molecule has 0 aliphatic carbocycles. The molecule has 0 radical (unpaired) electrons. The fourth-order valence-electron chi connectivity index (χ4n) is 3.43. The number of amides is 4. The number of benzene rings is 2. The first-order chi connectivity index (χ1) is 14.3. The van der Waals surface area contributed by atoms with E-state index in [0.717, 1.165) is 16.0 Å². The molecule has 3 rings (SSSR count). The highest BCUT2D eigenvalue weighted by atomic mass is 35.5. The van der Waals surface area contributed by atoms with Gasteiger partial charge in [0.05, 0.1) is 15.7 Å². The van der Waals surface area contributed by atoms with Crippen molar-refractivity contribution in [1.82, 2.24) is 10.2 Å². The molecule has 1 unspecified atom stereocenters. The highest BCUT2D eigenvalue weighted by molar-refractivity contribution is 6.40. The predicted molar refractivity (Wildman–Crippen MR) is 123 cm³/mol. The molecule has 164 valence electrons. The summed E-state index contributed by atoms with van der Waals surface area (Å²) in [6.07, 6.45) is 0. The molecule has 0 saturated carbocycles. The zero-order valence-corrected chi connectivity index (χ0v) is 19.6. The number of aryl methyl sites for hydroxylation is 1. The van der Waals surface area contributed by atoms with Gasteiger partial charge in [0.25, 0.3) is 5.91 Å². The number of hydrogen-bond donors (Lipinski definition) is 2. The standard InChI is InChI=1S/C23H25Cl2N3O3/c1-13-6-11-16(24)19(18(13)25)26-17(29)12-28-20(30)23(5,27-21(28)31)15-9-7-14(8-10-15)22(2,3)4/h6-11H,12H2,1-5H3,(H,26,29)(H,27,31). The van der Waals surface area contributed by atoms with Crippen molar-refractivity contribution in [2.45, 2.75) is 45.6 Å². The van der Waals surface area contributed by atoms with E-state index in [4.69, 9.17) is 23.2 Å². The Morgan fingerprint density at radius 1 is 1.10 bits per heavy atom. The maximum atomic E-state index is 13.1. The summed E-state index contributed by atoms with van der Waals surface area (Å²) >= 11 is 12.4. The van der Waals surface area contributed by atoms with Crippen LogP contribution in [-0.2, 0) is 20.5 Å². The Labute approximate surface area is 191 Å². The van der Waals surface area contributed by atoms with E-state index in [1.54, 1.807) is 26.0 Å². The van der Waals surface area contributed by atoms with Gasteiger partial charge in [0.1, 0.15) is 12.1 Å². The molecule has 4 amide bonds. The molecule has 1 aliphatic heterocycles. The Hall–Kier alpha value is -2.57. The third kappa shape index (κ3) is 4.41. The lowest BCUT2D eigenvalue weighted by molar-refractivity contribution is -0.133. The van der Waals surface area contributed by atoms with Gasteiger partial charge in [-0.1, -0.05) is 74.3 Å². The van der Waals surface area contributed by atoms with E-state index < -0.39 is 29.9 Å². The van der Waals surface area contributed by atoms with Crippen molar-refractivity contribution in [3.05, 3.63) is 63.1 Å². The average Bonchev–Trinajstić information content (AvgIpc) is 2.91. The minimum atomic E-state index is -1.26. The van der Waals surface area contributed by atoms with Crippen LogP contribution in [-0.4, -0.2) is 29.3 Å². The third-order valence-electron chi connectivity index (χ3n) is 5.45. The van der Waals surface area contributed by atoms with Gasteiger partial charge >= 0.3 is 6.03 Å². The number of urea groups is 1. The van der Waals surface area contributed by atoms with Gasteiger partial charge < -0.3 is 10.6 Å². The van der Waals surface area contributed by atoms with Crippen molar-refractivity contribution in [2.75, 3.05) is 11.9 Å². The molecule has 1 saturated heterocycles. The zero-order valence-electron chi connectivity index (χ0n) is 18.1. The normalized spacial score (nSPS) is 18.9. The molecule has 31 heavy (non-hydrogen) atoms. The summed E-state index contributed by atoms with van der Waals surface area (Å²) in [6, 6.07) is 10.2. The second-order valence-corrected chi connectivity index (χ2v) is 9.66. The molecule has 0 spiro atoms. The van der Waals surface area contributed by atoms with Crippen LogP contribution in [0, 0.1) is 6.92 Å². The van der Waals surface area contributed by atoms with Gasteiger partial charge in [-0.05, 0) is 42.0 Å². The van der Waals surface area contributed by atoms with Crippen LogP contribution in [0.2, 0.25) is 10.0 Å². The first kappa shape index (κ1) is 23.1. The maximum Gasteiger partial charge on any atom is 0.325 e. The minimum absolute atomic E-state index is 0.0369. The number of nitrogens with zero attached hydrogens (tertiary/aromatic N) is 1. The van der Waals surface area contributed by atoms with E-state index in [2.05, 4.69) is 31.4 Å². The molecule has 1 fully saturated rings. The molecule has 6 nitrogen and oxygen atoms in total. The summed E-state index contributed by atoms with van der Waals surface area (Å²) in [5.41, 5.74) is 1.45. The topological polar surface area (TPSA) is 78.5 Å². The molecule has 2 aromatic rings. The van der Waals surface area contributed by atoms with Gasteiger partial charge in [-0.3, -0.25) is 14.5 Å². The fraction of sp³-hybridized carbons (Fsp3) is 0.348. The fourth-order valence-corrected chi connectivity index (χ4v) is 3.90. The summed E-state index contributed by atoms with van der Waals surface area (Å²) in [5, 5.41) is 5.89. The Morgan fingerprint density at radius 3 is 2.29 bits per heavy atom. The number of hydrogen-bond acceptors (Lipinski definition) is 3. The van der Waals surface area contributed by atoms with Crippen LogP contribution in [0.25, 0.3) is 0 Å². The quantitative estimate of drug-likeness (QED) is 0.628. The Kier molecular flexibility index (Phi) is 6.09. The molecule has 2 aromatic carbocycles. The van der Waals surface area contributed by atoms with Gasteiger partial charge in [-0.2, -0.15) is 0 Å². The van der Waals surface area contributed by atoms with Crippen LogP contribution in [0.5, 0.6) is 0 Å². The first-order valence-electron chi connectivity index (χ1n) is 9.84. The van der Waals surface area contributed by atoms with E-state index in [-0.39, 0.29) is 16.1 Å². The van der Waals surface area contributed by atoms with Crippen LogP contribution < -0.4 is 10.6 Å². The van der Waals surface area contributed by atoms with Crippen LogP contribution in [0.4, 0.5) is 10.5 Å². The van der Waals surface area contributed by atoms with Crippen molar-refractivity contribution >= 4 is 46.7 Å². The second-order valence-electron chi connectivity index (χ2n) is 8.88. The van der Waals surface area contributed by atoms with E-state index in [9.17, 15) is 14.4 Å². The monoisotopic (exact) mass is 461 g/mol. The van der Waals surface area contributed by atoms with Crippen LogP contribution in [0.1, 0.15) is 44.4 Å². The van der Waals surface area contributed by atoms with E-state index in [0.29, 0.717) is 10.6 Å². The van der Waals surface area contributed by atoms with Crippen molar-refractivity contribution in [3.8, 4) is 0 Å². The van der Waals surface area contributed by atoms with Crippen LogP contribution >= 0.6 is 23.2 Å². The number of anilines is 1. The van der Waals surface area contributed by atoms with Gasteiger partial charge in [0.15, 0.2) is 0 Å². The van der Waals surface area contributed by atoms with E-state index in [1.165, 1.54) is 0 Å². The Balaban J connectivity index is 1.79. The largest absolute Gasteiger partial charge is 0.325 e. The molecule has 0 aromatic heterocycles. The number of carbonyl (C=O) groups excluding carboxylic acids is 3. The molecule has 1 atom stereocenters. The molecule has 2 N–H and O–H groups in total. The second kappa shape index (κ2) is 8.17. The molecular weight excluding hydrogens is 437 g/mol. The zero-order chi connectivity index (χ0) is 23.1. The number of halogens is 2. The van der Waals surface area contributed by atoms with E-state index in [1.807, 2.05) is 24.3 Å². The van der Waals surface area contributed by atoms with E-state index >= 15 is 0 Å². The molecule has 1 heterocycles. The first-order valence-corrected chi connectivity index (χ1v) is 10.6. The van der Waals surface area contributed by atoms with Crippen LogP contribution in [0.15, 0.2) is 36.4 Å². The van der Waals surface area contributed by atoms with Crippen molar-refractivity contribution < 1.29 is 14.4 Å². The van der Waals surface area contributed by atoms with Gasteiger partial charge in [-0.25, -0.2) is 4.79 Å². The summed E-state index contributed by atoms with van der Waals surface area (Å²) in [5.74, 6) is -1.08. The summed E-state index contributed by atoms with van der Waals surface area (Å²) in [7, 11) is 0. The maximum absolute atomic E-state index is 13.1. The van der Waals surface area contributed by atoms with Gasteiger partial charge in [0.2, 0.25) is 5.91 Å². The molecule has 0 bridgehead atoms. The predicted octanol–water partition coefficient (Wildman–Crippen LogP) is 5.01. The molecule has 8 heteroatoms. The van der Waals surface area contributed by atoms with Gasteiger partial charge in [-0.15, -0.1) is 0 Å². The lowest BCUT2D eigenvalue weighted by Gasteiger charge is -2.24. The van der Waals surface area contributed by atoms with Gasteiger partial charge in [0, 0.05) is 0 Å². The van der Waals surface area contributed by atoms with Crippen molar-refractivity contribution in [2.24, 2.45) is 0 Å². The Morgan fingerprint density at radius 2 is 1.71 bits per heavy atom. The third-order valence-corrected chi connectivity index (χ3v) is 6.26. The summed E-state index contributed by atoms with van der Waals surface area (Å²) < 4.78 is 0. The lowest BCUT2D eigenvalue weighted by Crippen LogP contribution is -2.42. The van der Waals surface area contributed by atoms with Crippen LogP contribution in [0.3, 0.4) is 0 Å². The molecule has 1 aliphatic rings. The number of carbonyl (C=O) groups is 3. The molecular formula is C23H25Cl2N3O3. The average molecular weight is 462 g/mol. The highest BCUT2D eigenvalue weighted by Crippen LogP contribution is 2.34. The SMILES string of the molecule is Cc1ccc(Cl)c(NC(=O)CN2C(=O)NC(C)(c3ccc(C(C)(C)C)cc3)C2=O)c1Cl. The highest BCUT2D eigenvalue weighted by Gasteiger charge is 2.49. The summed E-state index contributed by atoms with van der Waals surface area (Å²) in [6.45, 7) is 9.24. The minimum Gasteiger partial charge on any atom is -0.322 e. The number of imide groups is 1. The Bertz CT molecular complexity index is 1060. The number of rotatable bonds is 4. The smallest absolute Gasteiger partial charge is 0.322 e. The van der Waals surface area contributed by atoms with Crippen molar-refractivity contribution in [1.29, 1.82) is 0 Å². The van der Waals surface area contributed by atoms with Crippen molar-refractivity contribution in [3.63, 3.8) is 0 Å². The number of nitrogens with one attached hydrogen (secondary N) is 2. The lowest BCUT2D eigenvalue weighted by atomic mass is 9.84.